The molecule has 0 aliphatic carbocycles. The average Bonchev–Trinajstić information content (AvgIpc) is 2.41. The third kappa shape index (κ3) is 5.18. The van der Waals surface area contributed by atoms with E-state index in [9.17, 15) is 18.7 Å². The van der Waals surface area contributed by atoms with Crippen molar-refractivity contribution in [1.82, 2.24) is 11.0 Å². The van der Waals surface area contributed by atoms with E-state index in [0.29, 0.717) is 12.8 Å². The van der Waals surface area contributed by atoms with Crippen molar-refractivity contribution in [2.75, 3.05) is 19.1 Å². The zero-order chi connectivity index (χ0) is 15.3. The Labute approximate surface area is 120 Å². The lowest BCUT2D eigenvalue weighted by Crippen LogP contribution is -2.28. The van der Waals surface area contributed by atoms with Gasteiger partial charge in [0.15, 0.2) is 5.90 Å². The Morgan fingerprint density at radius 3 is 1.71 bits per heavy atom. The number of amides is 2. The van der Waals surface area contributed by atoms with E-state index < -0.39 is 32.9 Å². The van der Waals surface area contributed by atoms with Crippen molar-refractivity contribution in [1.29, 1.82) is 0 Å². The van der Waals surface area contributed by atoms with Crippen LogP contribution in [-0.4, -0.2) is 30.9 Å². The number of carbonyl (C=O) groups is 2. The van der Waals surface area contributed by atoms with Crippen LogP contribution in [0.2, 0.25) is 0 Å². The van der Waals surface area contributed by atoms with E-state index in [2.05, 4.69) is 0 Å². The molecule has 2 aliphatic rings. The molecule has 2 saturated heterocycles. The zero-order valence-corrected chi connectivity index (χ0v) is 12.9. The molecule has 2 heterocycles. The quantitative estimate of drug-likeness (QED) is 0.712. The molecule has 120 valence electrons. The van der Waals surface area contributed by atoms with Gasteiger partial charge in [-0.1, -0.05) is 0 Å². The molecule has 0 aromatic heterocycles. The van der Waals surface area contributed by atoms with Gasteiger partial charge in [0, 0.05) is 12.8 Å². The Balaban J connectivity index is 2.05. The van der Waals surface area contributed by atoms with Gasteiger partial charge >= 0.3 is 15.2 Å². The second-order valence-electron chi connectivity index (χ2n) is 4.47. The fraction of sp³-hybridized carbons (Fsp3) is 0.778. The van der Waals surface area contributed by atoms with Crippen LogP contribution in [0.15, 0.2) is 0 Å². The van der Waals surface area contributed by atoms with Gasteiger partial charge in [-0.3, -0.25) is 18.7 Å². The van der Waals surface area contributed by atoms with Crippen LogP contribution in [0.4, 0.5) is 0 Å². The van der Waals surface area contributed by atoms with Gasteiger partial charge in [0.1, 0.15) is 0 Å². The van der Waals surface area contributed by atoms with E-state index in [1.54, 1.807) is 0 Å². The largest absolute Gasteiger partial charge is 0.363 e. The molecule has 12 heteroatoms. The second-order valence-corrected chi connectivity index (χ2v) is 8.93. The molecular formula is C9H16N2O8P2. The number of rotatable bonds is 2. The minimum absolute atomic E-state index is 0.0110. The summed E-state index contributed by atoms with van der Waals surface area (Å²) in [6.45, 7) is 0.0219. The summed E-state index contributed by atoms with van der Waals surface area (Å²) < 4.78 is 44.4. The molecule has 0 aromatic carbocycles. The summed E-state index contributed by atoms with van der Waals surface area (Å²) >= 11 is 0. The average molecular weight is 342 g/mol. The molecule has 0 spiro atoms. The second kappa shape index (κ2) is 7.00. The molecule has 0 radical (unpaired) electrons. The van der Waals surface area contributed by atoms with E-state index in [1.807, 2.05) is 11.0 Å². The van der Waals surface area contributed by atoms with E-state index in [1.165, 1.54) is 0 Å². The Morgan fingerprint density at radius 2 is 1.29 bits per heavy atom. The SMILES string of the molecule is O=C1CCCOP(=O)(CP2(=O)OCCCC(=O)NO2)ON1. The van der Waals surface area contributed by atoms with Gasteiger partial charge in [-0.2, -0.15) is 9.25 Å². The number of nitrogens with one attached hydrogen (secondary N) is 2. The monoisotopic (exact) mass is 342 g/mol. The van der Waals surface area contributed by atoms with E-state index in [-0.39, 0.29) is 26.1 Å². The molecule has 2 fully saturated rings. The lowest BCUT2D eigenvalue weighted by molar-refractivity contribution is -0.129. The molecule has 0 saturated carbocycles. The van der Waals surface area contributed by atoms with Crippen molar-refractivity contribution in [3.05, 3.63) is 0 Å². The summed E-state index contributed by atoms with van der Waals surface area (Å²) in [7, 11) is -7.81. The van der Waals surface area contributed by atoms with Crippen molar-refractivity contribution in [3.8, 4) is 0 Å². The van der Waals surface area contributed by atoms with Crippen molar-refractivity contribution in [2.45, 2.75) is 25.7 Å². The summed E-state index contributed by atoms with van der Waals surface area (Å²) in [4.78, 5) is 22.5. The standard InChI is InChI=1S/C9H16N2O8P2/c12-8-3-1-5-16-20(14,18-10-8)7-21(15)17-6-2-4-9(13)11-19-21/h1-7H2,(H,10,12)(H,11,13). The summed E-state index contributed by atoms with van der Waals surface area (Å²) in [5.74, 6) is -1.62. The number of hydroxylamine groups is 2. The van der Waals surface area contributed by atoms with Gasteiger partial charge in [0.2, 0.25) is 11.8 Å². The fourth-order valence-electron chi connectivity index (χ4n) is 1.62. The third-order valence-electron chi connectivity index (χ3n) is 2.62. The van der Waals surface area contributed by atoms with Crippen LogP contribution < -0.4 is 11.0 Å². The highest BCUT2D eigenvalue weighted by Gasteiger charge is 2.41. The minimum atomic E-state index is -3.91. The van der Waals surface area contributed by atoms with Crippen LogP contribution in [-0.2, 0) is 37.0 Å². The first-order valence-corrected chi connectivity index (χ1v) is 9.78. The summed E-state index contributed by atoms with van der Waals surface area (Å²) in [5.41, 5.74) is 3.94. The summed E-state index contributed by atoms with van der Waals surface area (Å²) in [6.07, 6.45) is 1.03. The van der Waals surface area contributed by atoms with Crippen LogP contribution in [0.1, 0.15) is 25.7 Å². The number of hydrogen-bond acceptors (Lipinski definition) is 8. The van der Waals surface area contributed by atoms with Crippen LogP contribution in [0, 0.1) is 0 Å². The van der Waals surface area contributed by atoms with Crippen LogP contribution in [0.5, 0.6) is 0 Å². The highest BCUT2D eigenvalue weighted by Crippen LogP contribution is 2.63. The minimum Gasteiger partial charge on any atom is -0.307 e. The smallest absolute Gasteiger partial charge is 0.307 e. The zero-order valence-electron chi connectivity index (χ0n) is 11.1. The van der Waals surface area contributed by atoms with Gasteiger partial charge in [0.05, 0.1) is 13.2 Å². The maximum absolute atomic E-state index is 12.4. The molecule has 2 amide bonds. The van der Waals surface area contributed by atoms with Crippen molar-refractivity contribution in [2.24, 2.45) is 0 Å². The van der Waals surface area contributed by atoms with Crippen molar-refractivity contribution < 1.29 is 37.0 Å². The van der Waals surface area contributed by atoms with Crippen LogP contribution >= 0.6 is 15.2 Å². The van der Waals surface area contributed by atoms with Gasteiger partial charge in [-0.05, 0) is 12.8 Å². The van der Waals surface area contributed by atoms with Crippen molar-refractivity contribution in [3.63, 3.8) is 0 Å². The first-order valence-electron chi connectivity index (χ1n) is 6.33. The van der Waals surface area contributed by atoms with Crippen LogP contribution in [0.25, 0.3) is 0 Å². The molecule has 2 N–H and O–H groups in total. The molecule has 2 aliphatic heterocycles. The molecule has 0 bridgehead atoms. The molecule has 2 unspecified atom stereocenters. The Hall–Kier alpha value is -0.760. The maximum atomic E-state index is 12.4. The predicted octanol–water partition coefficient (Wildman–Crippen LogP) is 1.05. The van der Waals surface area contributed by atoms with Gasteiger partial charge in [-0.25, -0.2) is 11.0 Å². The number of hydrogen-bond donors (Lipinski definition) is 2. The molecule has 2 atom stereocenters. The summed E-state index contributed by atoms with van der Waals surface area (Å²) in [6, 6.07) is 0. The Kier molecular flexibility index (Phi) is 5.54. The van der Waals surface area contributed by atoms with E-state index >= 15 is 0 Å². The molecule has 10 nitrogen and oxygen atoms in total. The molecule has 2 rings (SSSR count). The van der Waals surface area contributed by atoms with E-state index in [4.69, 9.17) is 18.3 Å². The van der Waals surface area contributed by atoms with Crippen LogP contribution in [0.3, 0.4) is 0 Å². The van der Waals surface area contributed by atoms with Gasteiger partial charge < -0.3 is 9.05 Å². The van der Waals surface area contributed by atoms with Gasteiger partial charge in [0.25, 0.3) is 0 Å². The lowest BCUT2D eigenvalue weighted by Gasteiger charge is -2.25. The maximum Gasteiger partial charge on any atom is 0.363 e. The van der Waals surface area contributed by atoms with E-state index in [0.717, 1.165) is 0 Å². The topological polar surface area (TPSA) is 129 Å². The third-order valence-corrected chi connectivity index (χ3v) is 7.28. The highest BCUT2D eigenvalue weighted by atomic mass is 31.2. The normalized spacial score (nSPS) is 35.6. The Bertz CT molecular complexity index is 466. The lowest BCUT2D eigenvalue weighted by atomic mass is 10.3. The molecular weight excluding hydrogens is 326 g/mol. The van der Waals surface area contributed by atoms with Gasteiger partial charge in [-0.15, -0.1) is 0 Å². The Morgan fingerprint density at radius 1 is 0.857 bits per heavy atom. The summed E-state index contributed by atoms with van der Waals surface area (Å²) in [5, 5.41) is 0. The fourth-order valence-corrected chi connectivity index (χ4v) is 5.83. The highest BCUT2D eigenvalue weighted by molar-refractivity contribution is 7.71. The first-order chi connectivity index (χ1) is 9.91. The molecule has 21 heavy (non-hydrogen) atoms. The number of carbonyl (C=O) groups excluding carboxylic acids is 2. The molecule has 0 aromatic rings. The van der Waals surface area contributed by atoms with Crippen molar-refractivity contribution >= 4 is 27.0 Å². The predicted molar refractivity (Wildman–Crippen MR) is 68.9 cm³/mol. The first kappa shape index (κ1) is 16.6.